The molecule has 12 heteroatoms. The van der Waals surface area contributed by atoms with E-state index in [-0.39, 0.29) is 30.1 Å². The average Bonchev–Trinajstić information content (AvgIpc) is 3.28. The molecule has 0 amide bonds. The van der Waals surface area contributed by atoms with Crippen molar-refractivity contribution in [1.82, 2.24) is 29.3 Å². The van der Waals surface area contributed by atoms with Gasteiger partial charge in [0.1, 0.15) is 12.1 Å². The summed E-state index contributed by atoms with van der Waals surface area (Å²) in [6, 6.07) is 8.33. The number of unbranched alkanes of at least 4 members (excludes halogenated alkanes) is 1. The Morgan fingerprint density at radius 3 is 2.63 bits per heavy atom. The molecule has 0 aliphatic carbocycles. The fraction of sp³-hybridized carbons (Fsp3) is 0.586. The fourth-order valence-electron chi connectivity index (χ4n) is 4.94. The molecule has 1 saturated heterocycles. The number of morpholine rings is 1. The number of esters is 1. The van der Waals surface area contributed by atoms with E-state index in [0.717, 1.165) is 89.3 Å². The first-order valence-electron chi connectivity index (χ1n) is 14.6. The second-order valence-electron chi connectivity index (χ2n) is 10.4. The van der Waals surface area contributed by atoms with Gasteiger partial charge in [0.15, 0.2) is 11.5 Å². The van der Waals surface area contributed by atoms with E-state index in [1.807, 2.05) is 12.1 Å². The van der Waals surface area contributed by atoms with E-state index >= 15 is 0 Å². The minimum absolute atomic E-state index is 0.189. The number of nitrogens with zero attached hydrogens (tertiary/aromatic N) is 5. The number of H-pyrrole nitrogens is 1. The average molecular weight is 570 g/mol. The summed E-state index contributed by atoms with van der Waals surface area (Å²) in [4.78, 5) is 40.4. The summed E-state index contributed by atoms with van der Waals surface area (Å²) >= 11 is 0. The summed E-state index contributed by atoms with van der Waals surface area (Å²) in [7, 11) is 0. The second kappa shape index (κ2) is 15.5. The Hall–Kier alpha value is -3.48. The standard InChI is InChI=1S/C29H43N7O5/c1-3-4-16-40-28-32-26(30)25-27(33-28)36(29(38)31-25)13-7-12-35(11-6-10-34-14-17-39-18-15-34)20-23-8-5-9-24(19-23)21-41-22(2)37/h5,8-9,19H,3-4,6-7,10-18,20-21H2,1-2H3,(H,31,38)(H2,30,32,33). The van der Waals surface area contributed by atoms with Crippen LogP contribution in [0.2, 0.25) is 0 Å². The third kappa shape index (κ3) is 9.27. The monoisotopic (exact) mass is 569 g/mol. The number of hydrogen-bond acceptors (Lipinski definition) is 10. The number of rotatable bonds is 16. The fourth-order valence-corrected chi connectivity index (χ4v) is 4.94. The predicted molar refractivity (Wildman–Crippen MR) is 157 cm³/mol. The van der Waals surface area contributed by atoms with Gasteiger partial charge in [-0.2, -0.15) is 9.97 Å². The Labute approximate surface area is 240 Å². The van der Waals surface area contributed by atoms with E-state index in [0.29, 0.717) is 24.3 Å². The van der Waals surface area contributed by atoms with Gasteiger partial charge in [-0.25, -0.2) is 4.79 Å². The summed E-state index contributed by atoms with van der Waals surface area (Å²) in [5, 5.41) is 0. The number of carbonyl (C=O) groups excluding carboxylic acids is 1. The predicted octanol–water partition coefficient (Wildman–Crippen LogP) is 2.56. The van der Waals surface area contributed by atoms with Crippen LogP contribution in [-0.4, -0.2) is 87.8 Å². The van der Waals surface area contributed by atoms with Crippen LogP contribution in [0.1, 0.15) is 50.7 Å². The maximum absolute atomic E-state index is 12.8. The van der Waals surface area contributed by atoms with Gasteiger partial charge < -0.3 is 24.9 Å². The van der Waals surface area contributed by atoms with Gasteiger partial charge in [-0.15, -0.1) is 0 Å². The molecule has 1 fully saturated rings. The lowest BCUT2D eigenvalue weighted by molar-refractivity contribution is -0.142. The van der Waals surface area contributed by atoms with Gasteiger partial charge >= 0.3 is 17.7 Å². The Morgan fingerprint density at radius 2 is 1.88 bits per heavy atom. The molecule has 12 nitrogen and oxygen atoms in total. The van der Waals surface area contributed by atoms with Crippen LogP contribution in [0.5, 0.6) is 6.01 Å². The maximum Gasteiger partial charge on any atom is 0.327 e. The number of nitrogen functional groups attached to an aromatic ring is 1. The highest BCUT2D eigenvalue weighted by Crippen LogP contribution is 2.18. The van der Waals surface area contributed by atoms with Crippen LogP contribution in [0.15, 0.2) is 29.1 Å². The molecule has 2 aromatic heterocycles. The molecule has 1 aliphatic heterocycles. The Kier molecular flexibility index (Phi) is 11.5. The number of nitrogens with two attached hydrogens (primary N) is 1. The van der Waals surface area contributed by atoms with Crippen molar-refractivity contribution in [2.24, 2.45) is 0 Å². The van der Waals surface area contributed by atoms with Gasteiger partial charge in [-0.3, -0.25) is 19.2 Å². The van der Waals surface area contributed by atoms with Crippen LogP contribution < -0.4 is 16.2 Å². The van der Waals surface area contributed by atoms with Crippen molar-refractivity contribution in [3.05, 3.63) is 45.9 Å². The number of benzene rings is 1. The molecule has 0 atom stereocenters. The molecule has 0 unspecified atom stereocenters. The highest BCUT2D eigenvalue weighted by molar-refractivity contribution is 5.81. The van der Waals surface area contributed by atoms with Gasteiger partial charge in [0.2, 0.25) is 0 Å². The molecular weight excluding hydrogens is 526 g/mol. The summed E-state index contributed by atoms with van der Waals surface area (Å²) in [6.07, 6.45) is 3.65. The topological polar surface area (TPSA) is 141 Å². The van der Waals surface area contributed by atoms with Gasteiger partial charge in [0, 0.05) is 39.6 Å². The van der Waals surface area contributed by atoms with E-state index in [1.165, 1.54) is 6.92 Å². The minimum Gasteiger partial charge on any atom is -0.463 e. The molecule has 224 valence electrons. The number of ether oxygens (including phenoxy) is 3. The van der Waals surface area contributed by atoms with Crippen LogP contribution in [0, 0.1) is 0 Å². The summed E-state index contributed by atoms with van der Waals surface area (Å²) in [5.41, 5.74) is 8.87. The van der Waals surface area contributed by atoms with Crippen molar-refractivity contribution < 1.29 is 19.0 Å². The molecule has 4 rings (SSSR count). The molecular formula is C29H43N7O5. The molecule has 41 heavy (non-hydrogen) atoms. The minimum atomic E-state index is -0.292. The van der Waals surface area contributed by atoms with Gasteiger partial charge in [0.25, 0.3) is 0 Å². The van der Waals surface area contributed by atoms with Crippen molar-refractivity contribution in [1.29, 1.82) is 0 Å². The number of carbonyl (C=O) groups is 1. The van der Waals surface area contributed by atoms with Crippen LogP contribution >= 0.6 is 0 Å². The first kappa shape index (κ1) is 30.5. The normalized spacial score (nSPS) is 14.1. The number of nitrogens with one attached hydrogen (secondary N) is 1. The van der Waals surface area contributed by atoms with E-state index in [4.69, 9.17) is 19.9 Å². The van der Waals surface area contributed by atoms with Crippen LogP contribution in [0.3, 0.4) is 0 Å². The third-order valence-electron chi connectivity index (χ3n) is 7.11. The van der Waals surface area contributed by atoms with Crippen LogP contribution in [0.4, 0.5) is 5.82 Å². The summed E-state index contributed by atoms with van der Waals surface area (Å²) in [5.74, 6) is -0.0879. The number of fused-ring (bicyclic) bond motifs is 1. The molecule has 0 bridgehead atoms. The molecule has 3 aromatic rings. The Morgan fingerprint density at radius 1 is 1.12 bits per heavy atom. The van der Waals surface area contributed by atoms with Crippen molar-refractivity contribution in [2.75, 3.05) is 58.3 Å². The zero-order chi connectivity index (χ0) is 29.0. The number of aryl methyl sites for hydroxylation is 1. The van der Waals surface area contributed by atoms with Crippen molar-refractivity contribution in [3.63, 3.8) is 0 Å². The molecule has 1 aromatic carbocycles. The quantitative estimate of drug-likeness (QED) is 0.195. The zero-order valence-electron chi connectivity index (χ0n) is 24.3. The van der Waals surface area contributed by atoms with Gasteiger partial charge in [-0.05, 0) is 43.5 Å². The number of imidazole rings is 1. The lowest BCUT2D eigenvalue weighted by atomic mass is 10.1. The maximum atomic E-state index is 12.8. The zero-order valence-corrected chi connectivity index (χ0v) is 24.3. The Balaban J connectivity index is 1.42. The molecule has 0 radical (unpaired) electrons. The number of aromatic nitrogens is 4. The van der Waals surface area contributed by atoms with Gasteiger partial charge in [0.05, 0.1) is 19.8 Å². The lowest BCUT2D eigenvalue weighted by Crippen LogP contribution is -2.38. The van der Waals surface area contributed by atoms with E-state index in [9.17, 15) is 9.59 Å². The van der Waals surface area contributed by atoms with Crippen molar-refractivity contribution in [2.45, 2.75) is 59.2 Å². The highest BCUT2D eigenvalue weighted by atomic mass is 16.5. The molecule has 0 saturated carbocycles. The van der Waals surface area contributed by atoms with E-state index < -0.39 is 0 Å². The first-order chi connectivity index (χ1) is 19.9. The van der Waals surface area contributed by atoms with Crippen LogP contribution in [-0.2, 0) is 34.0 Å². The first-order valence-corrected chi connectivity index (χ1v) is 14.6. The smallest absolute Gasteiger partial charge is 0.327 e. The van der Waals surface area contributed by atoms with Gasteiger partial charge in [-0.1, -0.05) is 37.6 Å². The van der Waals surface area contributed by atoms with E-state index in [1.54, 1.807) is 4.57 Å². The third-order valence-corrected chi connectivity index (χ3v) is 7.11. The molecule has 0 spiro atoms. The van der Waals surface area contributed by atoms with E-state index in [2.05, 4.69) is 43.8 Å². The SMILES string of the molecule is CCCCOc1nc(N)c2[nH]c(=O)n(CCCN(CCCN3CCOCC3)Cc3cccc(COC(C)=O)c3)c2n1. The van der Waals surface area contributed by atoms with Crippen molar-refractivity contribution in [3.8, 4) is 6.01 Å². The summed E-state index contributed by atoms with van der Waals surface area (Å²) in [6.45, 7) is 11.7. The highest BCUT2D eigenvalue weighted by Gasteiger charge is 2.16. The Bertz CT molecular complexity index is 1320. The second-order valence-corrected chi connectivity index (χ2v) is 10.4. The molecule has 3 N–H and O–H groups in total. The summed E-state index contributed by atoms with van der Waals surface area (Å²) < 4.78 is 17.9. The molecule has 3 heterocycles. The number of hydrogen-bond donors (Lipinski definition) is 2. The molecule has 1 aliphatic rings. The largest absolute Gasteiger partial charge is 0.463 e. The lowest BCUT2D eigenvalue weighted by Gasteiger charge is -2.28. The number of aromatic amines is 1. The van der Waals surface area contributed by atoms with Crippen molar-refractivity contribution >= 4 is 23.0 Å². The number of anilines is 1. The van der Waals surface area contributed by atoms with Crippen LogP contribution in [0.25, 0.3) is 11.2 Å².